The van der Waals surface area contributed by atoms with Gasteiger partial charge in [0, 0.05) is 23.8 Å². The zero-order valence-corrected chi connectivity index (χ0v) is 14.2. The molecule has 0 saturated heterocycles. The molecule has 9 heteroatoms. The molecule has 0 bridgehead atoms. The van der Waals surface area contributed by atoms with Gasteiger partial charge in [0.1, 0.15) is 17.4 Å². The fourth-order valence-corrected chi connectivity index (χ4v) is 3.26. The average Bonchev–Trinajstić information content (AvgIpc) is 2.47. The summed E-state index contributed by atoms with van der Waals surface area (Å²) in [6.07, 6.45) is 2.13. The lowest BCUT2D eigenvalue weighted by Gasteiger charge is -2.25. The van der Waals surface area contributed by atoms with Crippen LogP contribution in [0.1, 0.15) is 24.8 Å². The standard InChI is InChI=1S/C16H18NO7P/c1-2-12(9-3-5-10(18)6-4-9)16(21)15-13(17-25(22,23)24)7-11(19)8-14(15)20/h3-8,12,15,18-19H,2H2,1H3,(H3,17,22,23,24). The minimum atomic E-state index is -4.78. The first kappa shape index (κ1) is 18.9. The lowest BCUT2D eigenvalue weighted by atomic mass is 9.80. The molecule has 1 aromatic carbocycles. The van der Waals surface area contributed by atoms with Gasteiger partial charge in [-0.25, -0.2) is 4.57 Å². The van der Waals surface area contributed by atoms with Gasteiger partial charge >= 0.3 is 7.75 Å². The van der Waals surface area contributed by atoms with Gasteiger partial charge in [-0.1, -0.05) is 19.1 Å². The number of ketones is 2. The molecule has 0 aliphatic heterocycles. The zero-order valence-electron chi connectivity index (χ0n) is 13.3. The molecule has 1 aliphatic carbocycles. The van der Waals surface area contributed by atoms with Crippen molar-refractivity contribution in [2.75, 3.05) is 0 Å². The predicted octanol–water partition coefficient (Wildman–Crippen LogP) is 1.66. The number of carbonyl (C=O) groups excluding carboxylic acids is 2. The van der Waals surface area contributed by atoms with Crippen LogP contribution in [0, 0.1) is 5.92 Å². The quantitative estimate of drug-likeness (QED) is 0.377. The Labute approximate surface area is 143 Å². The van der Waals surface area contributed by atoms with Crippen molar-refractivity contribution < 1.29 is 34.2 Å². The van der Waals surface area contributed by atoms with Crippen molar-refractivity contribution in [3.8, 4) is 5.75 Å². The molecule has 2 rings (SSSR count). The maximum Gasteiger partial charge on any atom is 0.427 e. The Morgan fingerprint density at radius 3 is 2.32 bits per heavy atom. The fourth-order valence-electron chi connectivity index (χ4n) is 2.73. The van der Waals surface area contributed by atoms with E-state index in [1.54, 1.807) is 19.1 Å². The highest BCUT2D eigenvalue weighted by atomic mass is 31.2. The molecule has 8 nitrogen and oxygen atoms in total. The summed E-state index contributed by atoms with van der Waals surface area (Å²) < 4.78 is 11.2. The highest BCUT2D eigenvalue weighted by Crippen LogP contribution is 2.36. The summed E-state index contributed by atoms with van der Waals surface area (Å²) in [5, 5.41) is 20.7. The Hall–Kier alpha value is -2.41. The molecule has 5 N–H and O–H groups in total. The molecule has 0 aromatic heterocycles. The highest BCUT2D eigenvalue weighted by molar-refractivity contribution is 7.49. The Kier molecular flexibility index (Phi) is 5.47. The van der Waals surface area contributed by atoms with Gasteiger partial charge in [0.05, 0.1) is 0 Å². The van der Waals surface area contributed by atoms with Crippen molar-refractivity contribution in [1.29, 1.82) is 0 Å². The minimum Gasteiger partial charge on any atom is -0.508 e. The van der Waals surface area contributed by atoms with E-state index in [2.05, 4.69) is 0 Å². The summed E-state index contributed by atoms with van der Waals surface area (Å²) in [7, 11) is -4.78. The summed E-state index contributed by atoms with van der Waals surface area (Å²) in [5.41, 5.74) is 0.216. The predicted molar refractivity (Wildman–Crippen MR) is 88.6 cm³/mol. The third-order valence-corrected chi connectivity index (χ3v) is 4.34. The SMILES string of the molecule is CCC(C(=O)C1C(=O)C=C(O)C=C1NP(=O)(O)O)c1ccc(O)cc1. The van der Waals surface area contributed by atoms with E-state index in [4.69, 9.17) is 9.79 Å². The van der Waals surface area contributed by atoms with Crippen LogP contribution < -0.4 is 5.09 Å². The number of aliphatic hydroxyl groups is 1. The molecule has 1 aliphatic rings. The topological polar surface area (TPSA) is 144 Å². The zero-order chi connectivity index (χ0) is 18.8. The highest BCUT2D eigenvalue weighted by Gasteiger charge is 2.38. The van der Waals surface area contributed by atoms with E-state index in [1.807, 2.05) is 5.09 Å². The number of allylic oxidation sites excluding steroid dienone is 3. The average molecular weight is 367 g/mol. The summed E-state index contributed by atoms with van der Waals surface area (Å²) in [5.74, 6) is -3.97. The van der Waals surface area contributed by atoms with Crippen molar-refractivity contribution in [3.63, 3.8) is 0 Å². The van der Waals surface area contributed by atoms with Crippen molar-refractivity contribution in [2.24, 2.45) is 5.92 Å². The van der Waals surface area contributed by atoms with E-state index < -0.39 is 36.9 Å². The Morgan fingerprint density at radius 1 is 1.20 bits per heavy atom. The van der Waals surface area contributed by atoms with Gasteiger partial charge in [-0.2, -0.15) is 0 Å². The second-order valence-corrected chi connectivity index (χ2v) is 6.93. The maximum absolute atomic E-state index is 12.9. The molecule has 0 amide bonds. The normalized spacial score (nSPS) is 19.0. The van der Waals surface area contributed by atoms with Gasteiger partial charge in [0.2, 0.25) is 0 Å². The van der Waals surface area contributed by atoms with E-state index in [0.717, 1.165) is 12.2 Å². The van der Waals surface area contributed by atoms with Gasteiger partial charge in [-0.15, -0.1) is 0 Å². The number of hydrogen-bond donors (Lipinski definition) is 5. The number of phenolic OH excluding ortho intramolecular Hbond substituents is 1. The third-order valence-electron chi connectivity index (χ3n) is 3.80. The molecule has 0 saturated carbocycles. The molecule has 134 valence electrons. The van der Waals surface area contributed by atoms with Crippen LogP contribution >= 0.6 is 7.75 Å². The third kappa shape index (κ3) is 4.57. The van der Waals surface area contributed by atoms with Crippen LogP contribution in [0.15, 0.2) is 47.9 Å². The smallest absolute Gasteiger partial charge is 0.427 e. The van der Waals surface area contributed by atoms with Crippen molar-refractivity contribution in [3.05, 3.63) is 53.4 Å². The summed E-state index contributed by atoms with van der Waals surface area (Å²) in [6.45, 7) is 1.73. The molecule has 1 aromatic rings. The number of nitrogens with one attached hydrogen (secondary N) is 1. The van der Waals surface area contributed by atoms with E-state index in [1.165, 1.54) is 12.1 Å². The Balaban J connectivity index is 2.39. The largest absolute Gasteiger partial charge is 0.508 e. The molecular formula is C16H18NO7P. The molecule has 2 atom stereocenters. The van der Waals surface area contributed by atoms with E-state index in [0.29, 0.717) is 12.0 Å². The molecule has 0 heterocycles. The number of aromatic hydroxyl groups is 1. The van der Waals surface area contributed by atoms with Crippen LogP contribution in [0.4, 0.5) is 0 Å². The first-order valence-electron chi connectivity index (χ1n) is 7.45. The summed E-state index contributed by atoms with van der Waals surface area (Å²) in [6, 6.07) is 5.90. The number of phenols is 1. The summed E-state index contributed by atoms with van der Waals surface area (Å²) >= 11 is 0. The Morgan fingerprint density at radius 2 is 1.80 bits per heavy atom. The van der Waals surface area contributed by atoms with E-state index >= 15 is 0 Å². The lowest BCUT2D eigenvalue weighted by molar-refractivity contribution is -0.130. The monoisotopic (exact) mass is 367 g/mol. The molecule has 0 radical (unpaired) electrons. The molecule has 0 fully saturated rings. The van der Waals surface area contributed by atoms with Crippen LogP contribution in [-0.2, 0) is 14.2 Å². The molecule has 0 spiro atoms. The number of aliphatic hydroxyl groups excluding tert-OH is 1. The van der Waals surface area contributed by atoms with Gasteiger partial charge < -0.3 is 20.0 Å². The lowest BCUT2D eigenvalue weighted by Crippen LogP contribution is -2.35. The van der Waals surface area contributed by atoms with Crippen LogP contribution in [0.3, 0.4) is 0 Å². The van der Waals surface area contributed by atoms with E-state index in [9.17, 15) is 24.4 Å². The minimum absolute atomic E-state index is 0.0244. The number of Topliss-reactive ketones (excluding diaryl/α,β-unsaturated/α-hetero) is 1. The Bertz CT molecular complexity index is 791. The van der Waals surface area contributed by atoms with Gasteiger partial charge in [-0.3, -0.25) is 14.7 Å². The summed E-state index contributed by atoms with van der Waals surface area (Å²) in [4.78, 5) is 43.3. The van der Waals surface area contributed by atoms with Gasteiger partial charge in [0.25, 0.3) is 0 Å². The van der Waals surface area contributed by atoms with Crippen LogP contribution in [0.2, 0.25) is 0 Å². The molecule has 2 unspecified atom stereocenters. The fraction of sp³-hybridized carbons (Fsp3) is 0.250. The molecule has 25 heavy (non-hydrogen) atoms. The van der Waals surface area contributed by atoms with Crippen LogP contribution in [0.25, 0.3) is 0 Å². The number of benzene rings is 1. The number of rotatable bonds is 6. The second-order valence-electron chi connectivity index (χ2n) is 5.61. The molecular weight excluding hydrogens is 349 g/mol. The maximum atomic E-state index is 12.9. The first-order valence-corrected chi connectivity index (χ1v) is 9.06. The second kappa shape index (κ2) is 7.23. The van der Waals surface area contributed by atoms with Gasteiger partial charge in [0.15, 0.2) is 11.6 Å². The first-order chi connectivity index (χ1) is 11.6. The number of hydrogen-bond acceptors (Lipinski definition) is 5. The van der Waals surface area contributed by atoms with Crippen LogP contribution in [0.5, 0.6) is 5.75 Å². The van der Waals surface area contributed by atoms with Gasteiger partial charge in [-0.05, 0) is 24.1 Å². The van der Waals surface area contributed by atoms with Crippen molar-refractivity contribution in [1.82, 2.24) is 5.09 Å². The number of carbonyl (C=O) groups is 2. The van der Waals surface area contributed by atoms with Crippen molar-refractivity contribution in [2.45, 2.75) is 19.3 Å². The van der Waals surface area contributed by atoms with Crippen molar-refractivity contribution >= 4 is 19.3 Å². The van der Waals surface area contributed by atoms with Crippen LogP contribution in [-0.4, -0.2) is 31.6 Å². The van der Waals surface area contributed by atoms with E-state index in [-0.39, 0.29) is 11.4 Å².